The van der Waals surface area contributed by atoms with Crippen LogP contribution in [-0.2, 0) is 18.3 Å². The highest BCUT2D eigenvalue weighted by atomic mass is 35.5. The van der Waals surface area contributed by atoms with Gasteiger partial charge in [-0.05, 0) is 24.6 Å². The Balaban J connectivity index is 0.00000242. The van der Waals surface area contributed by atoms with Crippen LogP contribution in [-0.4, -0.2) is 28.0 Å². The lowest BCUT2D eigenvalue weighted by molar-refractivity contribution is -0.122. The van der Waals surface area contributed by atoms with Gasteiger partial charge in [0.2, 0.25) is 5.91 Å². The minimum Gasteiger partial charge on any atom is -0.354 e. The zero-order chi connectivity index (χ0) is 15.4. The van der Waals surface area contributed by atoms with Gasteiger partial charge in [0.1, 0.15) is 11.6 Å². The first kappa shape index (κ1) is 18.4. The van der Waals surface area contributed by atoms with Crippen LogP contribution in [0.4, 0.5) is 4.39 Å². The summed E-state index contributed by atoms with van der Waals surface area (Å²) in [5, 5.41) is 2.81. The van der Waals surface area contributed by atoms with Crippen LogP contribution in [0.25, 0.3) is 11.0 Å². The lowest BCUT2D eigenvalue weighted by Gasteiger charge is -2.10. The number of amides is 1. The topological polar surface area (TPSA) is 72.9 Å². The van der Waals surface area contributed by atoms with E-state index in [1.165, 1.54) is 12.1 Å². The molecule has 1 unspecified atom stereocenters. The van der Waals surface area contributed by atoms with Gasteiger partial charge >= 0.3 is 0 Å². The predicted octanol–water partition coefficient (Wildman–Crippen LogP) is 1.92. The van der Waals surface area contributed by atoms with Crippen LogP contribution >= 0.6 is 12.4 Å². The fourth-order valence-corrected chi connectivity index (χ4v) is 2.31. The van der Waals surface area contributed by atoms with Crippen molar-refractivity contribution in [3.05, 3.63) is 29.8 Å². The third kappa shape index (κ3) is 4.18. The molecule has 122 valence electrons. The monoisotopic (exact) mass is 328 g/mol. The molecular formula is C15H22ClFN4O. The van der Waals surface area contributed by atoms with Crippen LogP contribution in [0.1, 0.15) is 25.6 Å². The summed E-state index contributed by atoms with van der Waals surface area (Å²) in [5.41, 5.74) is 7.24. The van der Waals surface area contributed by atoms with Crippen molar-refractivity contribution in [1.82, 2.24) is 14.9 Å². The number of rotatable bonds is 6. The summed E-state index contributed by atoms with van der Waals surface area (Å²) in [6, 6.07) is 4.06. The number of aryl methyl sites for hydroxylation is 1. The highest BCUT2D eigenvalue weighted by molar-refractivity contribution is 5.85. The van der Waals surface area contributed by atoms with E-state index in [1.807, 2.05) is 18.5 Å². The summed E-state index contributed by atoms with van der Waals surface area (Å²) in [6.45, 7) is 2.46. The molecule has 5 nitrogen and oxygen atoms in total. The third-order valence-corrected chi connectivity index (χ3v) is 3.52. The molecule has 0 fully saturated rings. The van der Waals surface area contributed by atoms with E-state index >= 15 is 0 Å². The molecule has 7 heteroatoms. The first-order chi connectivity index (χ1) is 10.0. The number of nitrogens with two attached hydrogens (primary N) is 1. The van der Waals surface area contributed by atoms with Crippen molar-refractivity contribution in [2.24, 2.45) is 12.8 Å². The molecule has 0 saturated carbocycles. The highest BCUT2D eigenvalue weighted by Gasteiger charge is 2.12. The van der Waals surface area contributed by atoms with E-state index in [-0.39, 0.29) is 24.1 Å². The molecule has 1 aromatic heterocycles. The second-order valence-corrected chi connectivity index (χ2v) is 5.16. The molecule has 0 saturated heterocycles. The average molecular weight is 329 g/mol. The Morgan fingerprint density at radius 2 is 2.23 bits per heavy atom. The number of carbonyl (C=O) groups is 1. The molecule has 3 N–H and O–H groups in total. The van der Waals surface area contributed by atoms with Gasteiger partial charge in [-0.15, -0.1) is 12.4 Å². The molecule has 1 heterocycles. The normalized spacial score (nSPS) is 12.0. The number of carbonyl (C=O) groups excluding carboxylic acids is 1. The zero-order valence-electron chi connectivity index (χ0n) is 12.8. The second-order valence-electron chi connectivity index (χ2n) is 5.16. The standard InChI is InChI=1S/C15H21FN4O.ClH/c1-3-4-11(17)15(21)18-8-7-14-19-12-6-5-10(16)9-13(12)20(14)2;/h5-6,9,11H,3-4,7-8,17H2,1-2H3,(H,18,21);1H. The summed E-state index contributed by atoms with van der Waals surface area (Å²) < 4.78 is 15.1. The van der Waals surface area contributed by atoms with E-state index < -0.39 is 6.04 Å². The largest absolute Gasteiger partial charge is 0.354 e. The Morgan fingerprint density at radius 3 is 2.91 bits per heavy atom. The molecule has 2 rings (SSSR count). The number of benzene rings is 1. The number of imidazole rings is 1. The van der Waals surface area contributed by atoms with E-state index in [2.05, 4.69) is 10.3 Å². The van der Waals surface area contributed by atoms with Gasteiger partial charge in [-0.25, -0.2) is 9.37 Å². The fourth-order valence-electron chi connectivity index (χ4n) is 2.31. The SMILES string of the molecule is CCCC(N)C(=O)NCCc1nc2ccc(F)cc2n1C.Cl. The molecule has 0 aliphatic carbocycles. The molecule has 0 aliphatic rings. The van der Waals surface area contributed by atoms with E-state index in [9.17, 15) is 9.18 Å². The Labute approximate surface area is 135 Å². The molecule has 0 radical (unpaired) electrons. The highest BCUT2D eigenvalue weighted by Crippen LogP contribution is 2.16. The number of aromatic nitrogens is 2. The minimum atomic E-state index is -0.454. The van der Waals surface area contributed by atoms with Gasteiger partial charge in [0.05, 0.1) is 17.1 Å². The number of halogens is 2. The van der Waals surface area contributed by atoms with Gasteiger partial charge in [-0.3, -0.25) is 4.79 Å². The number of fused-ring (bicyclic) bond motifs is 1. The van der Waals surface area contributed by atoms with Crippen molar-refractivity contribution in [2.75, 3.05) is 6.54 Å². The number of hydrogen-bond donors (Lipinski definition) is 2. The Hall–Kier alpha value is -1.66. The lowest BCUT2D eigenvalue weighted by Crippen LogP contribution is -2.41. The number of nitrogens with one attached hydrogen (secondary N) is 1. The molecule has 0 aliphatic heterocycles. The Morgan fingerprint density at radius 1 is 1.50 bits per heavy atom. The van der Waals surface area contributed by atoms with Crippen LogP contribution in [0.15, 0.2) is 18.2 Å². The van der Waals surface area contributed by atoms with Gasteiger partial charge < -0.3 is 15.6 Å². The molecule has 1 atom stereocenters. The quantitative estimate of drug-likeness (QED) is 0.851. The molecule has 1 aromatic carbocycles. The van der Waals surface area contributed by atoms with Crippen molar-refractivity contribution >= 4 is 29.3 Å². The molecule has 22 heavy (non-hydrogen) atoms. The smallest absolute Gasteiger partial charge is 0.236 e. The predicted molar refractivity (Wildman–Crippen MR) is 87.5 cm³/mol. The summed E-state index contributed by atoms with van der Waals surface area (Å²) >= 11 is 0. The first-order valence-electron chi connectivity index (χ1n) is 7.17. The Kier molecular flexibility index (Phi) is 6.77. The van der Waals surface area contributed by atoms with E-state index in [4.69, 9.17) is 5.73 Å². The zero-order valence-corrected chi connectivity index (χ0v) is 13.6. The number of hydrogen-bond acceptors (Lipinski definition) is 3. The maximum atomic E-state index is 13.2. The summed E-state index contributed by atoms with van der Waals surface area (Å²) in [5.74, 6) is 0.387. The van der Waals surface area contributed by atoms with Crippen LogP contribution < -0.4 is 11.1 Å². The van der Waals surface area contributed by atoms with Gasteiger partial charge in [0.15, 0.2) is 0 Å². The fraction of sp³-hybridized carbons (Fsp3) is 0.467. The first-order valence-corrected chi connectivity index (χ1v) is 7.17. The van der Waals surface area contributed by atoms with E-state index in [0.717, 1.165) is 23.3 Å². The molecule has 0 spiro atoms. The minimum absolute atomic E-state index is 0. The van der Waals surface area contributed by atoms with Gasteiger partial charge in [0.25, 0.3) is 0 Å². The molecule has 2 aromatic rings. The Bertz CT molecular complexity index is 644. The van der Waals surface area contributed by atoms with Crippen molar-refractivity contribution in [3.63, 3.8) is 0 Å². The van der Waals surface area contributed by atoms with Gasteiger partial charge in [0, 0.05) is 20.0 Å². The molecule has 0 bridgehead atoms. The van der Waals surface area contributed by atoms with Gasteiger partial charge in [-0.2, -0.15) is 0 Å². The van der Waals surface area contributed by atoms with E-state index in [1.54, 1.807) is 6.07 Å². The van der Waals surface area contributed by atoms with Crippen LogP contribution in [0.2, 0.25) is 0 Å². The summed E-state index contributed by atoms with van der Waals surface area (Å²) in [4.78, 5) is 16.2. The van der Waals surface area contributed by atoms with Crippen molar-refractivity contribution in [3.8, 4) is 0 Å². The maximum absolute atomic E-state index is 13.2. The maximum Gasteiger partial charge on any atom is 0.236 e. The van der Waals surface area contributed by atoms with E-state index in [0.29, 0.717) is 19.4 Å². The second kappa shape index (κ2) is 8.10. The van der Waals surface area contributed by atoms with Crippen LogP contribution in [0.5, 0.6) is 0 Å². The summed E-state index contributed by atoms with van der Waals surface area (Å²) in [7, 11) is 1.84. The average Bonchev–Trinajstić information content (AvgIpc) is 2.76. The summed E-state index contributed by atoms with van der Waals surface area (Å²) in [6.07, 6.45) is 2.14. The third-order valence-electron chi connectivity index (χ3n) is 3.52. The van der Waals surface area contributed by atoms with Crippen LogP contribution in [0.3, 0.4) is 0 Å². The van der Waals surface area contributed by atoms with Crippen LogP contribution in [0, 0.1) is 5.82 Å². The van der Waals surface area contributed by atoms with Crippen molar-refractivity contribution in [1.29, 1.82) is 0 Å². The lowest BCUT2D eigenvalue weighted by atomic mass is 10.1. The molecular weight excluding hydrogens is 307 g/mol. The number of nitrogens with zero attached hydrogens (tertiary/aromatic N) is 2. The van der Waals surface area contributed by atoms with Gasteiger partial charge in [-0.1, -0.05) is 13.3 Å². The van der Waals surface area contributed by atoms with Crippen molar-refractivity contribution < 1.29 is 9.18 Å². The van der Waals surface area contributed by atoms with Crippen molar-refractivity contribution in [2.45, 2.75) is 32.2 Å². The molecule has 1 amide bonds.